The quantitative estimate of drug-likeness (QED) is 0.843. The largest absolute Gasteiger partial charge is 0.348 e. The van der Waals surface area contributed by atoms with Crippen molar-refractivity contribution in [3.8, 4) is 0 Å². The van der Waals surface area contributed by atoms with Gasteiger partial charge < -0.3 is 4.90 Å². The number of amides is 1. The van der Waals surface area contributed by atoms with E-state index in [1.54, 1.807) is 55.8 Å². The fourth-order valence-electron chi connectivity index (χ4n) is 2.74. The van der Waals surface area contributed by atoms with Crippen LogP contribution in [-0.4, -0.2) is 51.1 Å². The molecular formula is C16H16N6O. The minimum absolute atomic E-state index is 0.118. The Kier molecular flexibility index (Phi) is 3.92. The summed E-state index contributed by atoms with van der Waals surface area (Å²) in [5, 5.41) is 0. The van der Waals surface area contributed by atoms with Crippen LogP contribution in [0.4, 0.5) is 0 Å². The molecule has 0 bridgehead atoms. The van der Waals surface area contributed by atoms with Crippen molar-refractivity contribution < 1.29 is 4.79 Å². The van der Waals surface area contributed by atoms with Gasteiger partial charge in [0.25, 0.3) is 0 Å². The Morgan fingerprint density at radius 3 is 2.48 bits per heavy atom. The first-order chi connectivity index (χ1) is 11.2. The molecule has 0 radical (unpaired) electrons. The van der Waals surface area contributed by atoms with E-state index in [2.05, 4.69) is 24.9 Å². The molecule has 7 nitrogen and oxygen atoms in total. The lowest BCUT2D eigenvalue weighted by molar-refractivity contribution is -0.134. The van der Waals surface area contributed by atoms with Gasteiger partial charge in [0.05, 0.1) is 11.4 Å². The molecule has 23 heavy (non-hydrogen) atoms. The van der Waals surface area contributed by atoms with E-state index in [9.17, 15) is 4.79 Å². The zero-order valence-corrected chi connectivity index (χ0v) is 12.9. The predicted octanol–water partition coefficient (Wildman–Crippen LogP) is 0.974. The van der Waals surface area contributed by atoms with Crippen LogP contribution in [0.15, 0.2) is 54.3 Å². The molecule has 116 valence electrons. The van der Waals surface area contributed by atoms with E-state index < -0.39 is 11.5 Å². The fourth-order valence-corrected chi connectivity index (χ4v) is 2.74. The number of carbonyl (C=O) groups excluding carboxylic acids is 1. The van der Waals surface area contributed by atoms with Crippen molar-refractivity contribution in [1.82, 2.24) is 24.8 Å². The minimum Gasteiger partial charge on any atom is -0.348 e. The first-order valence-corrected chi connectivity index (χ1v) is 7.11. The molecule has 2 unspecified atom stereocenters. The Bertz CT molecular complexity index is 744. The van der Waals surface area contributed by atoms with E-state index in [0.717, 1.165) is 0 Å². The highest BCUT2D eigenvalue weighted by Crippen LogP contribution is 2.42. The van der Waals surface area contributed by atoms with E-state index in [0.29, 0.717) is 11.4 Å². The van der Waals surface area contributed by atoms with Crippen molar-refractivity contribution in [2.45, 2.75) is 11.5 Å². The molecule has 0 spiro atoms. The van der Waals surface area contributed by atoms with E-state index in [1.165, 1.54) is 12.7 Å². The molecule has 1 amide bonds. The molecule has 0 saturated carbocycles. The molecule has 0 fully saturated rings. The molecular weight excluding hydrogens is 292 g/mol. The lowest BCUT2D eigenvalue weighted by Crippen LogP contribution is -2.48. The highest BCUT2D eigenvalue weighted by molar-refractivity contribution is 5.93. The normalized spacial score (nSPS) is 22.8. The highest BCUT2D eigenvalue weighted by Gasteiger charge is 2.49. The lowest BCUT2D eigenvalue weighted by Gasteiger charge is -2.37. The molecule has 3 rings (SSSR count). The predicted molar refractivity (Wildman–Crippen MR) is 84.8 cm³/mol. The van der Waals surface area contributed by atoms with Crippen LogP contribution in [0.5, 0.6) is 0 Å². The topological polar surface area (TPSA) is 84.2 Å². The molecule has 2 aromatic rings. The van der Waals surface area contributed by atoms with Crippen LogP contribution in [0.3, 0.4) is 0 Å². The zero-order valence-electron chi connectivity index (χ0n) is 12.9. The van der Waals surface area contributed by atoms with Gasteiger partial charge in [-0.2, -0.15) is 0 Å². The maximum absolute atomic E-state index is 13.1. The summed E-state index contributed by atoms with van der Waals surface area (Å²) in [6, 6.07) is 2.99. The van der Waals surface area contributed by atoms with Gasteiger partial charge >= 0.3 is 0 Å². The number of carbonyl (C=O) groups is 1. The van der Waals surface area contributed by atoms with Crippen LogP contribution < -0.4 is 0 Å². The Labute approximate surface area is 133 Å². The van der Waals surface area contributed by atoms with Gasteiger partial charge in [0.1, 0.15) is 24.1 Å². The van der Waals surface area contributed by atoms with Crippen LogP contribution in [0.25, 0.3) is 0 Å². The van der Waals surface area contributed by atoms with Gasteiger partial charge in [-0.05, 0) is 18.2 Å². The summed E-state index contributed by atoms with van der Waals surface area (Å²) in [6.07, 6.45) is 11.4. The number of rotatable bonds is 3. The first kappa shape index (κ1) is 15.0. The summed E-state index contributed by atoms with van der Waals surface area (Å²) in [5.41, 5.74) is 0.188. The van der Waals surface area contributed by atoms with Crippen LogP contribution in [0, 0.1) is 0 Å². The summed E-state index contributed by atoms with van der Waals surface area (Å²) >= 11 is 0. The molecule has 0 N–H and O–H groups in total. The Balaban J connectivity index is 2.22. The monoisotopic (exact) mass is 308 g/mol. The fraction of sp³-hybridized carbons (Fsp3) is 0.250. The molecule has 2 atom stereocenters. The average Bonchev–Trinajstić information content (AvgIpc) is 2.62. The maximum atomic E-state index is 13.1. The standard InChI is InChI=1S/C16H16N6O/c1-22(2)15(23)16(13-5-9-18-11-21-13)6-3-7-19-14(16)12-4-8-17-10-20-12/h3-11,14H,1-2H3. The second kappa shape index (κ2) is 6.04. The van der Waals surface area contributed by atoms with Gasteiger partial charge in [-0.25, -0.2) is 19.9 Å². The average molecular weight is 308 g/mol. The van der Waals surface area contributed by atoms with Gasteiger partial charge in [-0.1, -0.05) is 6.08 Å². The summed E-state index contributed by atoms with van der Waals surface area (Å²) in [6.45, 7) is 0. The number of aromatic nitrogens is 4. The molecule has 3 heterocycles. The van der Waals surface area contributed by atoms with Gasteiger partial charge in [-0.3, -0.25) is 9.79 Å². The number of hydrogen-bond acceptors (Lipinski definition) is 6. The maximum Gasteiger partial charge on any atom is 0.240 e. The van der Waals surface area contributed by atoms with Gasteiger partial charge in [0, 0.05) is 32.7 Å². The van der Waals surface area contributed by atoms with Crippen LogP contribution in [-0.2, 0) is 10.2 Å². The van der Waals surface area contributed by atoms with E-state index in [1.807, 2.05) is 6.08 Å². The molecule has 0 saturated heterocycles. The summed E-state index contributed by atoms with van der Waals surface area (Å²) < 4.78 is 0. The number of nitrogens with zero attached hydrogens (tertiary/aromatic N) is 6. The SMILES string of the molecule is CN(C)C(=O)C1(c2ccncn2)C=CC=NC1c1ccncn1. The first-order valence-electron chi connectivity index (χ1n) is 7.11. The molecule has 1 aliphatic heterocycles. The summed E-state index contributed by atoms with van der Waals surface area (Å²) in [7, 11) is 3.43. The van der Waals surface area contributed by atoms with Crippen molar-refractivity contribution >= 4 is 12.1 Å². The highest BCUT2D eigenvalue weighted by atomic mass is 16.2. The van der Waals surface area contributed by atoms with Crippen molar-refractivity contribution in [1.29, 1.82) is 0 Å². The number of hydrogen-bond donors (Lipinski definition) is 0. The third-order valence-corrected chi connectivity index (χ3v) is 3.76. The second-order valence-electron chi connectivity index (χ2n) is 5.36. The van der Waals surface area contributed by atoms with E-state index in [-0.39, 0.29) is 5.91 Å². The number of aliphatic imine (C=N–C) groups is 1. The van der Waals surface area contributed by atoms with Gasteiger partial charge in [-0.15, -0.1) is 0 Å². The Hall–Kier alpha value is -2.96. The molecule has 2 aromatic heterocycles. The van der Waals surface area contributed by atoms with Crippen molar-refractivity contribution in [3.63, 3.8) is 0 Å². The molecule has 0 aliphatic carbocycles. The smallest absolute Gasteiger partial charge is 0.240 e. The Morgan fingerprint density at radius 2 is 1.87 bits per heavy atom. The van der Waals surface area contributed by atoms with Crippen LogP contribution in [0.2, 0.25) is 0 Å². The van der Waals surface area contributed by atoms with Crippen molar-refractivity contribution in [2.24, 2.45) is 4.99 Å². The van der Waals surface area contributed by atoms with Gasteiger partial charge in [0.15, 0.2) is 0 Å². The summed E-state index contributed by atoms with van der Waals surface area (Å²) in [4.78, 5) is 35.7. The number of dihydropyridines is 1. The lowest BCUT2D eigenvalue weighted by atomic mass is 9.73. The summed E-state index contributed by atoms with van der Waals surface area (Å²) in [5.74, 6) is -0.118. The second-order valence-corrected chi connectivity index (χ2v) is 5.36. The number of allylic oxidation sites excluding steroid dienone is 1. The molecule has 1 aliphatic rings. The van der Waals surface area contributed by atoms with Crippen LogP contribution >= 0.6 is 0 Å². The zero-order chi connectivity index (χ0) is 16.3. The minimum atomic E-state index is -1.06. The van der Waals surface area contributed by atoms with Crippen molar-refractivity contribution in [2.75, 3.05) is 14.1 Å². The van der Waals surface area contributed by atoms with Crippen molar-refractivity contribution in [3.05, 3.63) is 60.7 Å². The Morgan fingerprint density at radius 1 is 1.13 bits per heavy atom. The van der Waals surface area contributed by atoms with Crippen LogP contribution in [0.1, 0.15) is 17.4 Å². The number of likely N-dealkylation sites (N-methyl/N-ethyl adjacent to an activating group) is 1. The molecule has 7 heteroatoms. The van der Waals surface area contributed by atoms with E-state index in [4.69, 9.17) is 0 Å². The van der Waals surface area contributed by atoms with Gasteiger partial charge in [0.2, 0.25) is 5.91 Å². The third-order valence-electron chi connectivity index (χ3n) is 3.76. The molecule has 0 aromatic carbocycles. The third kappa shape index (κ3) is 2.50. The van der Waals surface area contributed by atoms with E-state index >= 15 is 0 Å².